The van der Waals surface area contributed by atoms with E-state index in [2.05, 4.69) is 19.1 Å². The lowest BCUT2D eigenvalue weighted by Gasteiger charge is -2.68. The van der Waals surface area contributed by atoms with Gasteiger partial charge < -0.3 is 14.4 Å². The summed E-state index contributed by atoms with van der Waals surface area (Å²) in [7, 11) is -0.763. The van der Waals surface area contributed by atoms with E-state index >= 15 is 0 Å². The topological polar surface area (TPSA) is 128 Å². The molecule has 1 aromatic carbocycles. The van der Waals surface area contributed by atoms with E-state index in [0.29, 0.717) is 17.4 Å². The van der Waals surface area contributed by atoms with Crippen molar-refractivity contribution in [1.29, 1.82) is 0 Å². The lowest BCUT2D eigenvalue weighted by Crippen LogP contribution is -2.76. The van der Waals surface area contributed by atoms with E-state index in [4.69, 9.17) is 35.7 Å². The lowest BCUT2D eigenvalue weighted by atomic mass is 9.47. The van der Waals surface area contributed by atoms with E-state index in [1.807, 2.05) is 0 Å². The molecular formula is C23H28ClO11P. The van der Waals surface area contributed by atoms with Crippen molar-refractivity contribution in [1.82, 2.24) is 0 Å². The van der Waals surface area contributed by atoms with Crippen LogP contribution in [0, 0.1) is 23.7 Å². The van der Waals surface area contributed by atoms with Crippen LogP contribution in [0.25, 0.3) is 6.08 Å². The quantitative estimate of drug-likeness (QED) is 0.183. The molecule has 1 heterocycles. The van der Waals surface area contributed by atoms with Crippen molar-refractivity contribution < 1.29 is 52.6 Å². The van der Waals surface area contributed by atoms with Gasteiger partial charge in [0.15, 0.2) is 11.4 Å². The van der Waals surface area contributed by atoms with Gasteiger partial charge in [-0.05, 0) is 61.9 Å². The Kier molecular flexibility index (Phi) is 6.99. The number of methoxy groups -OCH3 is 1. The van der Waals surface area contributed by atoms with Crippen molar-refractivity contribution in [3.05, 3.63) is 34.4 Å². The van der Waals surface area contributed by atoms with Gasteiger partial charge in [-0.25, -0.2) is 24.0 Å². The fraction of sp³-hybridized carbons (Fsp3) is 0.609. The second-order valence-electron chi connectivity index (χ2n) is 9.62. The Morgan fingerprint density at radius 1 is 1.06 bits per heavy atom. The summed E-state index contributed by atoms with van der Waals surface area (Å²) < 4.78 is 34.0. The number of hydrogen-bond donors (Lipinski definition) is 1. The number of rotatable bonds is 10. The lowest BCUT2D eigenvalue weighted by molar-refractivity contribution is -0.645. The predicted molar refractivity (Wildman–Crippen MR) is 123 cm³/mol. The smallest absolute Gasteiger partial charge is 0.478 e. The Labute approximate surface area is 212 Å². The third kappa shape index (κ3) is 3.93. The van der Waals surface area contributed by atoms with Gasteiger partial charge in [0.1, 0.15) is 0 Å². The molecule has 13 heteroatoms. The van der Waals surface area contributed by atoms with Gasteiger partial charge in [0, 0.05) is 24.3 Å². The van der Waals surface area contributed by atoms with Gasteiger partial charge in [-0.1, -0.05) is 23.7 Å². The number of phosphoric acid groups is 1. The first-order valence-electron chi connectivity index (χ1n) is 11.6. The molecule has 1 unspecified atom stereocenters. The molecule has 0 aromatic heterocycles. The maximum absolute atomic E-state index is 13.0. The Morgan fingerprint density at radius 2 is 1.67 bits per heavy atom. The molecule has 198 valence electrons. The molecule has 1 spiro atoms. The molecule has 36 heavy (non-hydrogen) atoms. The molecule has 4 bridgehead atoms. The zero-order valence-corrected chi connectivity index (χ0v) is 21.7. The number of carboxylic acids is 1. The first-order valence-corrected chi connectivity index (χ1v) is 13.5. The average Bonchev–Trinajstić information content (AvgIpc) is 2.80. The monoisotopic (exact) mass is 546 g/mol. The van der Waals surface area contributed by atoms with Gasteiger partial charge >= 0.3 is 13.8 Å². The predicted octanol–water partition coefficient (Wildman–Crippen LogP) is 5.04. The number of halogens is 1. The number of hydrogen-bond acceptors (Lipinski definition) is 10. The van der Waals surface area contributed by atoms with Crippen LogP contribution in [0.15, 0.2) is 18.2 Å². The summed E-state index contributed by atoms with van der Waals surface area (Å²) in [5.41, 5.74) is -0.185. The molecule has 5 aliphatic rings. The van der Waals surface area contributed by atoms with Gasteiger partial charge in [-0.3, -0.25) is 0 Å². The normalized spacial score (nSPS) is 34.9. The molecule has 1 aromatic rings. The van der Waals surface area contributed by atoms with E-state index in [9.17, 15) is 9.36 Å². The molecule has 5 fully saturated rings. The molecule has 0 radical (unpaired) electrons. The Hall–Kier alpha value is -1.53. The molecule has 1 saturated heterocycles. The van der Waals surface area contributed by atoms with Crippen LogP contribution < -0.4 is 4.52 Å². The fourth-order valence-electron chi connectivity index (χ4n) is 6.88. The molecule has 1 aliphatic heterocycles. The molecule has 4 saturated carbocycles. The highest BCUT2D eigenvalue weighted by Crippen LogP contribution is 2.70. The zero-order valence-electron chi connectivity index (χ0n) is 20.0. The van der Waals surface area contributed by atoms with E-state index < -0.39 is 25.2 Å². The summed E-state index contributed by atoms with van der Waals surface area (Å²) in [4.78, 5) is 31.9. The molecule has 11 nitrogen and oxygen atoms in total. The van der Waals surface area contributed by atoms with Crippen LogP contribution in [0.5, 0.6) is 5.75 Å². The summed E-state index contributed by atoms with van der Waals surface area (Å²) in [6.45, 7) is 0. The average molecular weight is 547 g/mol. The first kappa shape index (κ1) is 26.1. The summed E-state index contributed by atoms with van der Waals surface area (Å²) in [5.74, 6) is -0.995. The minimum atomic E-state index is -4.50. The van der Waals surface area contributed by atoms with E-state index in [-0.39, 0.29) is 28.2 Å². The van der Waals surface area contributed by atoms with E-state index in [1.165, 1.54) is 19.6 Å². The van der Waals surface area contributed by atoms with Crippen LogP contribution in [0.1, 0.15) is 43.2 Å². The SMILES string of the molecule is COOP(=O)(OOC)Oc1c(/C=C/C(=O)O)ccc(C2(OC)OOC23C2CC4CC(C2)CC3C4)c1Cl. The van der Waals surface area contributed by atoms with Gasteiger partial charge in [-0.2, -0.15) is 4.89 Å². The molecule has 1 N–H and O–H groups in total. The number of benzene rings is 1. The highest BCUT2D eigenvalue weighted by Gasteiger charge is 2.77. The summed E-state index contributed by atoms with van der Waals surface area (Å²) in [5, 5.41) is 9.09. The van der Waals surface area contributed by atoms with Crippen LogP contribution in [0.4, 0.5) is 0 Å². The van der Waals surface area contributed by atoms with Crippen LogP contribution in [-0.2, 0) is 48.8 Å². The van der Waals surface area contributed by atoms with Crippen molar-refractivity contribution in [3.63, 3.8) is 0 Å². The van der Waals surface area contributed by atoms with Gasteiger partial charge in [0.25, 0.3) is 5.79 Å². The second kappa shape index (κ2) is 9.65. The van der Waals surface area contributed by atoms with Crippen molar-refractivity contribution in [2.75, 3.05) is 21.3 Å². The van der Waals surface area contributed by atoms with Crippen LogP contribution in [0.3, 0.4) is 0 Å². The largest absolute Gasteiger partial charge is 0.585 e. The van der Waals surface area contributed by atoms with Gasteiger partial charge in [0.2, 0.25) is 0 Å². The fourth-order valence-corrected chi connectivity index (χ4v) is 8.14. The van der Waals surface area contributed by atoms with Crippen molar-refractivity contribution in [2.24, 2.45) is 23.7 Å². The van der Waals surface area contributed by atoms with Crippen molar-refractivity contribution in [3.8, 4) is 5.75 Å². The van der Waals surface area contributed by atoms with Crippen LogP contribution in [0.2, 0.25) is 5.02 Å². The highest BCUT2D eigenvalue weighted by atomic mass is 35.5. The third-order valence-electron chi connectivity index (χ3n) is 7.87. The third-order valence-corrected chi connectivity index (χ3v) is 9.32. The van der Waals surface area contributed by atoms with Crippen molar-refractivity contribution in [2.45, 2.75) is 43.5 Å². The van der Waals surface area contributed by atoms with Gasteiger partial charge in [-0.15, -0.1) is 9.35 Å². The van der Waals surface area contributed by atoms with Crippen LogP contribution >= 0.6 is 19.4 Å². The first-order chi connectivity index (χ1) is 17.2. The number of aliphatic carboxylic acids is 1. The summed E-state index contributed by atoms with van der Waals surface area (Å²) in [6, 6.07) is 3.21. The van der Waals surface area contributed by atoms with E-state index in [0.717, 1.165) is 46.0 Å². The zero-order chi connectivity index (χ0) is 25.7. The number of carbonyl (C=O) groups is 1. The standard InChI is InChI=1S/C23H28ClO11P/c1-28-23(22(32-33-23)16-9-13-8-14(11-16)12-17(22)10-13)18-6-4-15(5-7-19(25)26)21(20(18)24)31-36(27,34-29-2)35-30-3/h4-7,13-14,16-17H,8-12H2,1-3H3,(H,25,26)/b7-5+. The summed E-state index contributed by atoms with van der Waals surface area (Å²) >= 11 is 6.87. The maximum atomic E-state index is 13.0. The Morgan fingerprint density at radius 3 is 2.14 bits per heavy atom. The van der Waals surface area contributed by atoms with Crippen molar-refractivity contribution >= 4 is 31.5 Å². The molecule has 0 amide bonds. The van der Waals surface area contributed by atoms with Gasteiger partial charge in [0.05, 0.1) is 19.2 Å². The minimum Gasteiger partial charge on any atom is -0.478 e. The Balaban J connectivity index is 1.61. The molecule has 4 aliphatic carbocycles. The summed E-state index contributed by atoms with van der Waals surface area (Å²) in [6.07, 6.45) is 7.42. The number of carboxylic acid groups (broad SMARTS) is 1. The maximum Gasteiger partial charge on any atom is 0.585 e. The molecule has 6 rings (SSSR count). The minimum absolute atomic E-state index is 0.0412. The molecule has 1 atom stereocenters. The number of ether oxygens (including phenoxy) is 1. The molecular weight excluding hydrogens is 519 g/mol. The van der Waals surface area contributed by atoms with Crippen LogP contribution in [-0.4, -0.2) is 38.0 Å². The second-order valence-corrected chi connectivity index (χ2v) is 11.4. The van der Waals surface area contributed by atoms with E-state index in [1.54, 1.807) is 12.1 Å². The highest BCUT2D eigenvalue weighted by molar-refractivity contribution is 7.48. The Bertz CT molecular complexity index is 1070.